The predicted molar refractivity (Wildman–Crippen MR) is 122 cm³/mol. The van der Waals surface area contributed by atoms with Crippen LogP contribution in [0.1, 0.15) is 24.0 Å². The van der Waals surface area contributed by atoms with Crippen molar-refractivity contribution in [3.8, 4) is 0 Å². The number of hydrogen-bond acceptors (Lipinski definition) is 8. The Bertz CT molecular complexity index is 1200. The van der Waals surface area contributed by atoms with Crippen LogP contribution in [-0.4, -0.2) is 56.1 Å². The first-order valence-corrected chi connectivity index (χ1v) is 12.7. The van der Waals surface area contributed by atoms with Crippen LogP contribution in [0.4, 0.5) is 36.3 Å². The molecule has 2 aliphatic rings. The fourth-order valence-corrected chi connectivity index (χ4v) is 6.14. The summed E-state index contributed by atoms with van der Waals surface area (Å²) >= 11 is 0. The van der Waals surface area contributed by atoms with Crippen LogP contribution >= 0.6 is 0 Å². The van der Waals surface area contributed by atoms with Crippen molar-refractivity contribution in [2.24, 2.45) is 5.92 Å². The fourth-order valence-electron chi connectivity index (χ4n) is 4.53. The van der Waals surface area contributed by atoms with E-state index in [1.165, 1.54) is 7.05 Å². The number of halogens is 3. The van der Waals surface area contributed by atoms with Crippen molar-refractivity contribution in [1.82, 2.24) is 15.3 Å². The van der Waals surface area contributed by atoms with E-state index in [1.54, 1.807) is 18.2 Å². The molecule has 0 radical (unpaired) electrons. The summed E-state index contributed by atoms with van der Waals surface area (Å²) < 4.78 is 66.8. The normalized spacial score (nSPS) is 19.3. The van der Waals surface area contributed by atoms with E-state index < -0.39 is 38.7 Å². The third-order valence-electron chi connectivity index (χ3n) is 5.95. The van der Waals surface area contributed by atoms with Gasteiger partial charge in [-0.3, -0.25) is 4.79 Å². The van der Waals surface area contributed by atoms with Crippen molar-refractivity contribution in [3.63, 3.8) is 0 Å². The van der Waals surface area contributed by atoms with E-state index in [2.05, 4.69) is 25.9 Å². The Morgan fingerprint density at radius 2 is 2.06 bits per heavy atom. The van der Waals surface area contributed by atoms with E-state index in [0.29, 0.717) is 30.5 Å². The summed E-state index contributed by atoms with van der Waals surface area (Å²) in [5.41, 5.74) is 0.768. The number of piperidine rings is 1. The Morgan fingerprint density at radius 3 is 2.71 bits per heavy atom. The first-order chi connectivity index (χ1) is 15.9. The minimum atomic E-state index is -4.78. The smallest absolute Gasteiger partial charge is 0.342 e. The Kier molecular flexibility index (Phi) is 6.42. The number of rotatable bonds is 6. The summed E-state index contributed by atoms with van der Waals surface area (Å²) in [6.07, 6.45) is -1.63. The molecule has 1 saturated heterocycles. The standard InChI is InChI=1S/C21H25F3N6O3S/c1-30(19(34(2,32)33)12-4-3-7-25-10-12)18-15(21(22,23)24)11-26-20(29-18)27-14-5-6-16-13(8-14)9-17(31)28-16/h5-6,8,11-12,19,25H,3-4,7,9-10H2,1-2H3,(H,28,31)(H,26,27,29). The lowest BCUT2D eigenvalue weighted by Gasteiger charge is -2.37. The molecule has 1 amide bonds. The third-order valence-corrected chi connectivity index (χ3v) is 7.53. The molecule has 13 heteroatoms. The molecule has 2 atom stereocenters. The maximum atomic E-state index is 13.8. The van der Waals surface area contributed by atoms with Gasteiger partial charge in [0.1, 0.15) is 16.8 Å². The van der Waals surface area contributed by atoms with Gasteiger partial charge in [0, 0.05) is 43.3 Å². The second kappa shape index (κ2) is 9.02. The van der Waals surface area contributed by atoms with E-state index in [1.807, 2.05) is 0 Å². The summed E-state index contributed by atoms with van der Waals surface area (Å²) in [5.74, 6) is -1.20. The summed E-state index contributed by atoms with van der Waals surface area (Å²) in [5, 5.41) is 7.49. The van der Waals surface area contributed by atoms with E-state index in [0.717, 1.165) is 29.7 Å². The minimum Gasteiger partial charge on any atom is -0.342 e. The highest BCUT2D eigenvalue weighted by atomic mass is 32.2. The molecule has 0 saturated carbocycles. The largest absolute Gasteiger partial charge is 0.421 e. The van der Waals surface area contributed by atoms with Crippen LogP contribution in [-0.2, 0) is 27.2 Å². The molecule has 34 heavy (non-hydrogen) atoms. The number of amides is 1. The van der Waals surface area contributed by atoms with Gasteiger partial charge >= 0.3 is 6.18 Å². The summed E-state index contributed by atoms with van der Waals surface area (Å²) in [6, 6.07) is 5.00. The Morgan fingerprint density at radius 1 is 1.29 bits per heavy atom. The minimum absolute atomic E-state index is 0.124. The number of carbonyl (C=O) groups excluding carboxylic acids is 1. The van der Waals surface area contributed by atoms with Crippen molar-refractivity contribution < 1.29 is 26.4 Å². The molecule has 4 rings (SSSR count). The third kappa shape index (κ3) is 5.09. The van der Waals surface area contributed by atoms with E-state index in [-0.39, 0.29) is 18.3 Å². The Hall–Kier alpha value is -2.93. The van der Waals surface area contributed by atoms with Gasteiger partial charge in [0.25, 0.3) is 0 Å². The lowest BCUT2D eigenvalue weighted by atomic mass is 9.98. The van der Waals surface area contributed by atoms with E-state index in [9.17, 15) is 26.4 Å². The molecular weight excluding hydrogens is 473 g/mol. The van der Waals surface area contributed by atoms with Gasteiger partial charge in [-0.15, -0.1) is 0 Å². The van der Waals surface area contributed by atoms with Crippen LogP contribution in [0.5, 0.6) is 0 Å². The van der Waals surface area contributed by atoms with Gasteiger partial charge in [-0.1, -0.05) is 0 Å². The first-order valence-electron chi connectivity index (χ1n) is 10.7. The number of nitrogens with one attached hydrogen (secondary N) is 3. The number of alkyl halides is 3. The highest BCUT2D eigenvalue weighted by Gasteiger charge is 2.41. The van der Waals surface area contributed by atoms with Gasteiger partial charge in [-0.25, -0.2) is 13.4 Å². The second-order valence-electron chi connectivity index (χ2n) is 8.59. The van der Waals surface area contributed by atoms with Gasteiger partial charge in [-0.05, 0) is 43.1 Å². The highest BCUT2D eigenvalue weighted by molar-refractivity contribution is 7.91. The lowest BCUT2D eigenvalue weighted by molar-refractivity contribution is -0.137. The van der Waals surface area contributed by atoms with Gasteiger partial charge in [0.15, 0.2) is 9.84 Å². The van der Waals surface area contributed by atoms with Gasteiger partial charge < -0.3 is 20.9 Å². The molecule has 0 aliphatic carbocycles. The number of aromatic nitrogens is 2. The topological polar surface area (TPSA) is 116 Å². The highest BCUT2D eigenvalue weighted by Crippen LogP contribution is 2.38. The molecule has 3 heterocycles. The summed E-state index contributed by atoms with van der Waals surface area (Å²) in [7, 11) is -2.45. The molecule has 2 aliphatic heterocycles. The number of carbonyl (C=O) groups is 1. The Labute approximate surface area is 195 Å². The Balaban J connectivity index is 1.70. The molecule has 184 valence electrons. The SMILES string of the molecule is CN(c1nc(Nc2ccc3c(c2)CC(=O)N3)ncc1C(F)(F)F)C(C1CCCNC1)S(C)(=O)=O. The summed E-state index contributed by atoms with van der Waals surface area (Å²) in [6.45, 7) is 1.11. The zero-order chi connectivity index (χ0) is 24.7. The van der Waals surface area contributed by atoms with Gasteiger partial charge in [0.2, 0.25) is 11.9 Å². The van der Waals surface area contributed by atoms with Crippen molar-refractivity contribution in [2.45, 2.75) is 30.8 Å². The average molecular weight is 499 g/mol. The molecule has 9 nitrogen and oxygen atoms in total. The zero-order valence-electron chi connectivity index (χ0n) is 18.6. The van der Waals surface area contributed by atoms with Gasteiger partial charge in [-0.2, -0.15) is 18.2 Å². The molecule has 0 bridgehead atoms. The quantitative estimate of drug-likeness (QED) is 0.557. The summed E-state index contributed by atoms with van der Waals surface area (Å²) in [4.78, 5) is 20.6. The monoisotopic (exact) mass is 498 g/mol. The van der Waals surface area contributed by atoms with Crippen LogP contribution in [0.15, 0.2) is 24.4 Å². The zero-order valence-corrected chi connectivity index (χ0v) is 19.4. The van der Waals surface area contributed by atoms with Gasteiger partial charge in [0.05, 0.1) is 6.42 Å². The van der Waals surface area contributed by atoms with E-state index >= 15 is 0 Å². The predicted octanol–water partition coefficient (Wildman–Crippen LogP) is 2.54. The molecule has 2 aromatic rings. The number of hydrogen-bond donors (Lipinski definition) is 3. The molecule has 1 fully saturated rings. The number of fused-ring (bicyclic) bond motifs is 1. The maximum Gasteiger partial charge on any atom is 0.421 e. The number of benzene rings is 1. The van der Waals surface area contributed by atoms with Crippen LogP contribution in [0, 0.1) is 5.92 Å². The molecule has 0 spiro atoms. The first kappa shape index (κ1) is 24.2. The number of nitrogens with zero attached hydrogens (tertiary/aromatic N) is 3. The van der Waals surface area contributed by atoms with E-state index in [4.69, 9.17) is 0 Å². The van der Waals surface area contributed by atoms with Crippen LogP contribution in [0.25, 0.3) is 0 Å². The van der Waals surface area contributed by atoms with Crippen molar-refractivity contribution >= 4 is 38.9 Å². The van der Waals surface area contributed by atoms with Crippen molar-refractivity contribution in [1.29, 1.82) is 0 Å². The van der Waals surface area contributed by atoms with Crippen molar-refractivity contribution in [3.05, 3.63) is 35.5 Å². The van der Waals surface area contributed by atoms with Crippen LogP contribution < -0.4 is 20.9 Å². The molecule has 1 aromatic heterocycles. The van der Waals surface area contributed by atoms with Crippen LogP contribution in [0.3, 0.4) is 0 Å². The van der Waals surface area contributed by atoms with Crippen LogP contribution in [0.2, 0.25) is 0 Å². The molecule has 3 N–H and O–H groups in total. The lowest BCUT2D eigenvalue weighted by Crippen LogP contribution is -2.49. The maximum absolute atomic E-state index is 13.8. The molecule has 1 aromatic carbocycles. The molecule has 2 unspecified atom stereocenters. The van der Waals surface area contributed by atoms with Crippen molar-refractivity contribution in [2.75, 3.05) is 41.9 Å². The molecular formula is C21H25F3N6O3S. The number of anilines is 4. The second-order valence-corrected chi connectivity index (χ2v) is 10.7. The number of sulfone groups is 1. The average Bonchev–Trinajstić information content (AvgIpc) is 3.12. The fraction of sp³-hybridized carbons (Fsp3) is 0.476.